The fraction of sp³-hybridized carbons (Fsp3) is 0.467. The summed E-state index contributed by atoms with van der Waals surface area (Å²) in [6, 6.07) is 6.81. The third-order valence-corrected chi connectivity index (χ3v) is 3.68. The monoisotopic (exact) mass is 292 g/mol. The van der Waals surface area contributed by atoms with E-state index in [4.69, 9.17) is 5.11 Å². The Morgan fingerprint density at radius 1 is 1.29 bits per heavy atom. The molecular formula is C15H20N2O4. The van der Waals surface area contributed by atoms with Gasteiger partial charge in [-0.15, -0.1) is 0 Å². The third-order valence-electron chi connectivity index (χ3n) is 3.68. The molecule has 114 valence electrons. The highest BCUT2D eigenvalue weighted by molar-refractivity contribution is 5.77. The second-order valence-electron chi connectivity index (χ2n) is 5.27. The second-order valence-corrected chi connectivity index (χ2v) is 5.27. The number of benzene rings is 1. The van der Waals surface area contributed by atoms with Crippen molar-refractivity contribution in [1.29, 1.82) is 0 Å². The van der Waals surface area contributed by atoms with Crippen molar-refractivity contribution >= 4 is 12.0 Å². The molecule has 0 saturated carbocycles. The number of nitrogens with zero attached hydrogens (tertiary/aromatic N) is 1. The van der Waals surface area contributed by atoms with Crippen molar-refractivity contribution in [2.75, 3.05) is 19.6 Å². The predicted octanol–water partition coefficient (Wildman–Crippen LogP) is 1.44. The van der Waals surface area contributed by atoms with Gasteiger partial charge in [0.2, 0.25) is 0 Å². The van der Waals surface area contributed by atoms with E-state index in [-0.39, 0.29) is 11.8 Å². The normalized spacial score (nSPS) is 17.7. The van der Waals surface area contributed by atoms with Gasteiger partial charge in [0.05, 0.1) is 5.92 Å². The maximum absolute atomic E-state index is 11.9. The maximum Gasteiger partial charge on any atom is 0.317 e. The van der Waals surface area contributed by atoms with Crippen LogP contribution in [0.2, 0.25) is 0 Å². The molecule has 1 saturated heterocycles. The molecule has 1 heterocycles. The molecule has 6 nitrogen and oxygen atoms in total. The van der Waals surface area contributed by atoms with Gasteiger partial charge in [-0.2, -0.15) is 0 Å². The predicted molar refractivity (Wildman–Crippen MR) is 77.1 cm³/mol. The van der Waals surface area contributed by atoms with Crippen LogP contribution in [0.1, 0.15) is 18.4 Å². The zero-order chi connectivity index (χ0) is 15.2. The molecule has 0 spiro atoms. The van der Waals surface area contributed by atoms with E-state index in [1.165, 1.54) is 0 Å². The van der Waals surface area contributed by atoms with Crippen LogP contribution in [0.3, 0.4) is 0 Å². The lowest BCUT2D eigenvalue weighted by Crippen LogP contribution is -2.39. The fourth-order valence-electron chi connectivity index (χ4n) is 2.41. The molecule has 0 aromatic heterocycles. The minimum Gasteiger partial charge on any atom is -0.508 e. The van der Waals surface area contributed by atoms with Gasteiger partial charge in [0, 0.05) is 19.6 Å². The summed E-state index contributed by atoms with van der Waals surface area (Å²) >= 11 is 0. The standard InChI is InChI=1S/C15H20N2O4/c18-13-5-3-11(4-6-13)2-1-8-16-15(21)17-9-7-12(10-17)14(19)20/h3-6,12,18H,1-2,7-10H2,(H,16,21)(H,19,20). The summed E-state index contributed by atoms with van der Waals surface area (Å²) in [6.45, 7) is 1.34. The largest absolute Gasteiger partial charge is 0.508 e. The van der Waals surface area contributed by atoms with E-state index in [1.54, 1.807) is 17.0 Å². The summed E-state index contributed by atoms with van der Waals surface area (Å²) in [6.07, 6.45) is 2.14. The molecule has 21 heavy (non-hydrogen) atoms. The van der Waals surface area contributed by atoms with Gasteiger partial charge in [-0.3, -0.25) is 4.79 Å². The number of nitrogens with one attached hydrogen (secondary N) is 1. The number of aryl methyl sites for hydroxylation is 1. The lowest BCUT2D eigenvalue weighted by Gasteiger charge is -2.16. The average molecular weight is 292 g/mol. The first kappa shape index (κ1) is 15.2. The molecule has 1 unspecified atom stereocenters. The van der Waals surface area contributed by atoms with Gasteiger partial charge in [0.1, 0.15) is 5.75 Å². The molecule has 1 aromatic rings. The minimum absolute atomic E-state index is 0.190. The van der Waals surface area contributed by atoms with E-state index in [0.29, 0.717) is 26.1 Å². The van der Waals surface area contributed by atoms with Crippen molar-refractivity contribution in [2.45, 2.75) is 19.3 Å². The van der Waals surface area contributed by atoms with Crippen molar-refractivity contribution in [3.63, 3.8) is 0 Å². The van der Waals surface area contributed by atoms with E-state index in [9.17, 15) is 14.7 Å². The van der Waals surface area contributed by atoms with Crippen LogP contribution in [0.4, 0.5) is 4.79 Å². The number of phenolic OH excluding ortho intramolecular Hbond substituents is 1. The quantitative estimate of drug-likeness (QED) is 0.716. The average Bonchev–Trinajstić information content (AvgIpc) is 2.95. The van der Waals surface area contributed by atoms with Gasteiger partial charge in [-0.25, -0.2) is 4.79 Å². The smallest absolute Gasteiger partial charge is 0.317 e. The van der Waals surface area contributed by atoms with E-state index in [2.05, 4.69) is 5.32 Å². The third kappa shape index (κ3) is 4.37. The first-order chi connectivity index (χ1) is 10.1. The number of aliphatic carboxylic acids is 1. The molecule has 1 aromatic carbocycles. The molecule has 1 aliphatic rings. The van der Waals surface area contributed by atoms with Crippen LogP contribution in [0.25, 0.3) is 0 Å². The Morgan fingerprint density at radius 2 is 2.00 bits per heavy atom. The Balaban J connectivity index is 1.66. The molecule has 1 aliphatic heterocycles. The van der Waals surface area contributed by atoms with Gasteiger partial charge in [-0.1, -0.05) is 12.1 Å². The van der Waals surface area contributed by atoms with Crippen LogP contribution in [0.15, 0.2) is 24.3 Å². The Bertz CT molecular complexity index is 501. The van der Waals surface area contributed by atoms with Crippen molar-refractivity contribution in [3.05, 3.63) is 29.8 Å². The Hall–Kier alpha value is -2.24. The number of urea groups is 1. The summed E-state index contributed by atoms with van der Waals surface area (Å²) in [7, 11) is 0. The number of aromatic hydroxyl groups is 1. The van der Waals surface area contributed by atoms with Gasteiger partial charge in [-0.05, 0) is 37.0 Å². The molecular weight excluding hydrogens is 272 g/mol. The summed E-state index contributed by atoms with van der Waals surface area (Å²) in [4.78, 5) is 24.2. The molecule has 0 aliphatic carbocycles. The van der Waals surface area contributed by atoms with Crippen LogP contribution in [0, 0.1) is 5.92 Å². The Kier molecular flexibility index (Phi) is 5.03. The number of likely N-dealkylation sites (tertiary alicyclic amines) is 1. The van der Waals surface area contributed by atoms with E-state index in [1.807, 2.05) is 12.1 Å². The highest BCUT2D eigenvalue weighted by atomic mass is 16.4. The SMILES string of the molecule is O=C(O)C1CCN(C(=O)NCCCc2ccc(O)cc2)C1. The summed E-state index contributed by atoms with van der Waals surface area (Å²) < 4.78 is 0. The molecule has 0 bridgehead atoms. The van der Waals surface area contributed by atoms with Crippen molar-refractivity contribution in [3.8, 4) is 5.75 Å². The molecule has 6 heteroatoms. The fourth-order valence-corrected chi connectivity index (χ4v) is 2.41. The van der Waals surface area contributed by atoms with Crippen LogP contribution in [0.5, 0.6) is 5.75 Å². The molecule has 2 amide bonds. The number of hydrogen-bond acceptors (Lipinski definition) is 3. The second kappa shape index (κ2) is 6.97. The van der Waals surface area contributed by atoms with Crippen LogP contribution < -0.4 is 5.32 Å². The van der Waals surface area contributed by atoms with E-state index < -0.39 is 11.9 Å². The lowest BCUT2D eigenvalue weighted by atomic mass is 10.1. The number of amides is 2. The van der Waals surface area contributed by atoms with Crippen molar-refractivity contribution < 1.29 is 19.8 Å². The molecule has 2 rings (SSSR count). The maximum atomic E-state index is 11.9. The van der Waals surface area contributed by atoms with Crippen LogP contribution in [-0.2, 0) is 11.2 Å². The highest BCUT2D eigenvalue weighted by Gasteiger charge is 2.30. The Morgan fingerprint density at radius 3 is 2.62 bits per heavy atom. The zero-order valence-electron chi connectivity index (χ0n) is 11.8. The van der Waals surface area contributed by atoms with Crippen molar-refractivity contribution in [2.24, 2.45) is 5.92 Å². The Labute approximate surface area is 123 Å². The summed E-state index contributed by atoms with van der Waals surface area (Å²) in [5.74, 6) is -1.03. The molecule has 1 fully saturated rings. The number of carbonyl (C=O) groups is 2. The summed E-state index contributed by atoms with van der Waals surface area (Å²) in [5.41, 5.74) is 1.11. The number of carboxylic acid groups (broad SMARTS) is 1. The number of rotatable bonds is 5. The van der Waals surface area contributed by atoms with Crippen molar-refractivity contribution in [1.82, 2.24) is 10.2 Å². The summed E-state index contributed by atoms with van der Waals surface area (Å²) in [5, 5.41) is 20.9. The highest BCUT2D eigenvalue weighted by Crippen LogP contribution is 2.16. The van der Waals surface area contributed by atoms with Crippen LogP contribution >= 0.6 is 0 Å². The number of hydrogen-bond donors (Lipinski definition) is 3. The zero-order valence-corrected chi connectivity index (χ0v) is 11.8. The topological polar surface area (TPSA) is 89.9 Å². The minimum atomic E-state index is -0.836. The van der Waals surface area contributed by atoms with Gasteiger partial charge >= 0.3 is 12.0 Å². The molecule has 1 atom stereocenters. The number of phenols is 1. The molecule has 3 N–H and O–H groups in total. The van der Waals surface area contributed by atoms with Crippen LogP contribution in [-0.4, -0.2) is 46.7 Å². The number of carboxylic acids is 1. The first-order valence-corrected chi connectivity index (χ1v) is 7.10. The van der Waals surface area contributed by atoms with Gasteiger partial charge in [0.25, 0.3) is 0 Å². The van der Waals surface area contributed by atoms with E-state index >= 15 is 0 Å². The van der Waals surface area contributed by atoms with E-state index in [0.717, 1.165) is 18.4 Å². The molecule has 0 radical (unpaired) electrons. The van der Waals surface area contributed by atoms with Gasteiger partial charge < -0.3 is 20.4 Å². The van der Waals surface area contributed by atoms with Gasteiger partial charge in [0.15, 0.2) is 0 Å². The first-order valence-electron chi connectivity index (χ1n) is 7.10. The lowest BCUT2D eigenvalue weighted by molar-refractivity contribution is -0.141. The number of carbonyl (C=O) groups excluding carboxylic acids is 1.